The number of carbonyl (C=O) groups is 1. The van der Waals surface area contributed by atoms with Crippen LogP contribution in [-0.4, -0.2) is 19.0 Å². The van der Waals surface area contributed by atoms with Gasteiger partial charge in [-0.15, -0.1) is 0 Å². The van der Waals surface area contributed by atoms with Crippen LogP contribution in [0, 0.1) is 19.8 Å². The Morgan fingerprint density at radius 3 is 2.62 bits per heavy atom. The van der Waals surface area contributed by atoms with Crippen LogP contribution in [0.25, 0.3) is 0 Å². The van der Waals surface area contributed by atoms with Crippen LogP contribution in [0.2, 0.25) is 0 Å². The van der Waals surface area contributed by atoms with Crippen LogP contribution in [0.15, 0.2) is 18.2 Å². The molecule has 1 aliphatic heterocycles. The van der Waals surface area contributed by atoms with Crippen molar-refractivity contribution in [2.24, 2.45) is 5.92 Å². The van der Waals surface area contributed by atoms with Crippen molar-refractivity contribution in [3.05, 3.63) is 34.9 Å². The highest BCUT2D eigenvalue weighted by Gasteiger charge is 2.24. The molecule has 1 aromatic carbocycles. The molecule has 0 amide bonds. The van der Waals surface area contributed by atoms with Crippen LogP contribution in [0.5, 0.6) is 0 Å². The Balaban J connectivity index is 2.11. The number of ether oxygens (including phenoxy) is 1. The fourth-order valence-corrected chi connectivity index (χ4v) is 2.23. The SMILES string of the molecule is Cc1cccc(C)c1CC(=O)C1CCOC1. The number of carbonyl (C=O) groups excluding carboxylic acids is 1. The lowest BCUT2D eigenvalue weighted by molar-refractivity contribution is -0.122. The predicted octanol–water partition coefficient (Wildman–Crippen LogP) is 2.45. The van der Waals surface area contributed by atoms with E-state index >= 15 is 0 Å². The summed E-state index contributed by atoms with van der Waals surface area (Å²) in [4.78, 5) is 12.0. The number of aryl methyl sites for hydroxylation is 2. The van der Waals surface area contributed by atoms with Gasteiger partial charge in [-0.2, -0.15) is 0 Å². The second-order valence-electron chi connectivity index (χ2n) is 4.57. The van der Waals surface area contributed by atoms with Gasteiger partial charge in [0.2, 0.25) is 0 Å². The fourth-order valence-electron chi connectivity index (χ4n) is 2.23. The molecule has 2 rings (SSSR count). The summed E-state index contributed by atoms with van der Waals surface area (Å²) in [6, 6.07) is 6.18. The Morgan fingerprint density at radius 1 is 1.38 bits per heavy atom. The second kappa shape index (κ2) is 4.79. The van der Waals surface area contributed by atoms with Gasteiger partial charge in [0.25, 0.3) is 0 Å². The number of benzene rings is 1. The minimum Gasteiger partial charge on any atom is -0.381 e. The molecule has 1 aromatic rings. The van der Waals surface area contributed by atoms with Crippen molar-refractivity contribution < 1.29 is 9.53 Å². The van der Waals surface area contributed by atoms with Crippen LogP contribution >= 0.6 is 0 Å². The number of rotatable bonds is 3. The summed E-state index contributed by atoms with van der Waals surface area (Å²) >= 11 is 0. The zero-order chi connectivity index (χ0) is 11.5. The van der Waals surface area contributed by atoms with E-state index in [1.165, 1.54) is 16.7 Å². The first-order valence-corrected chi connectivity index (χ1v) is 5.84. The second-order valence-corrected chi connectivity index (χ2v) is 4.57. The predicted molar refractivity (Wildman–Crippen MR) is 63.6 cm³/mol. The third kappa shape index (κ3) is 2.33. The number of hydrogen-bond acceptors (Lipinski definition) is 2. The molecule has 16 heavy (non-hydrogen) atoms. The standard InChI is InChI=1S/C14H18O2/c1-10-4-3-5-11(2)13(10)8-14(15)12-6-7-16-9-12/h3-5,12H,6-9H2,1-2H3. The summed E-state index contributed by atoms with van der Waals surface area (Å²) in [5, 5.41) is 0. The maximum atomic E-state index is 12.0. The molecule has 86 valence electrons. The van der Waals surface area contributed by atoms with Gasteiger partial charge in [-0.25, -0.2) is 0 Å². The minimum atomic E-state index is 0.124. The van der Waals surface area contributed by atoms with Crippen molar-refractivity contribution in [1.29, 1.82) is 0 Å². The van der Waals surface area contributed by atoms with Gasteiger partial charge in [0, 0.05) is 18.9 Å². The topological polar surface area (TPSA) is 26.3 Å². The van der Waals surface area contributed by atoms with Gasteiger partial charge in [0.05, 0.1) is 6.61 Å². The molecule has 0 aromatic heterocycles. The molecule has 1 unspecified atom stereocenters. The Bertz CT molecular complexity index is 369. The first kappa shape index (κ1) is 11.3. The molecule has 0 spiro atoms. The van der Waals surface area contributed by atoms with Crippen LogP contribution in [0.1, 0.15) is 23.1 Å². The molecule has 1 saturated heterocycles. The number of ketones is 1. The average Bonchev–Trinajstić information content (AvgIpc) is 2.76. The van der Waals surface area contributed by atoms with Crippen molar-refractivity contribution in [3.63, 3.8) is 0 Å². The lowest BCUT2D eigenvalue weighted by atomic mass is 9.92. The minimum absolute atomic E-state index is 0.124. The van der Waals surface area contributed by atoms with Crippen molar-refractivity contribution in [2.45, 2.75) is 26.7 Å². The van der Waals surface area contributed by atoms with E-state index in [2.05, 4.69) is 26.0 Å². The van der Waals surface area contributed by atoms with Crippen molar-refractivity contribution in [3.8, 4) is 0 Å². The Labute approximate surface area is 96.6 Å². The highest BCUT2D eigenvalue weighted by molar-refractivity contribution is 5.84. The third-order valence-electron chi connectivity index (χ3n) is 3.38. The van der Waals surface area contributed by atoms with Crippen LogP contribution in [-0.2, 0) is 16.0 Å². The summed E-state index contributed by atoms with van der Waals surface area (Å²) in [6.07, 6.45) is 1.45. The molecule has 1 fully saturated rings. The molecule has 0 bridgehead atoms. The lowest BCUT2D eigenvalue weighted by Crippen LogP contribution is -2.17. The van der Waals surface area contributed by atoms with E-state index in [1.54, 1.807) is 0 Å². The van der Waals surface area contributed by atoms with Crippen LogP contribution < -0.4 is 0 Å². The van der Waals surface area contributed by atoms with Crippen molar-refractivity contribution >= 4 is 5.78 Å². The van der Waals surface area contributed by atoms with E-state index in [4.69, 9.17) is 4.74 Å². The molecule has 1 heterocycles. The normalized spacial score (nSPS) is 20.0. The van der Waals surface area contributed by atoms with E-state index in [0.717, 1.165) is 13.0 Å². The first-order valence-electron chi connectivity index (χ1n) is 5.84. The zero-order valence-corrected chi connectivity index (χ0v) is 9.95. The molecule has 2 nitrogen and oxygen atoms in total. The quantitative estimate of drug-likeness (QED) is 0.779. The van der Waals surface area contributed by atoms with Gasteiger partial charge in [-0.3, -0.25) is 4.79 Å². The molecule has 0 aliphatic carbocycles. The largest absolute Gasteiger partial charge is 0.381 e. The van der Waals surface area contributed by atoms with Crippen LogP contribution in [0.3, 0.4) is 0 Å². The third-order valence-corrected chi connectivity index (χ3v) is 3.38. The molecular formula is C14H18O2. The van der Waals surface area contributed by atoms with Gasteiger partial charge < -0.3 is 4.74 Å². The van der Waals surface area contributed by atoms with Crippen molar-refractivity contribution in [1.82, 2.24) is 0 Å². The smallest absolute Gasteiger partial charge is 0.142 e. The monoisotopic (exact) mass is 218 g/mol. The van der Waals surface area contributed by atoms with Gasteiger partial charge in [-0.1, -0.05) is 18.2 Å². The van der Waals surface area contributed by atoms with Crippen LogP contribution in [0.4, 0.5) is 0 Å². The van der Waals surface area contributed by atoms with Gasteiger partial charge in [0.15, 0.2) is 0 Å². The summed E-state index contributed by atoms with van der Waals surface area (Å²) in [6.45, 7) is 5.49. The van der Waals surface area contributed by atoms with Crippen molar-refractivity contribution in [2.75, 3.05) is 13.2 Å². The lowest BCUT2D eigenvalue weighted by Gasteiger charge is -2.11. The van der Waals surface area contributed by atoms with Gasteiger partial charge in [-0.05, 0) is 37.0 Å². The Hall–Kier alpha value is -1.15. The first-order chi connectivity index (χ1) is 7.68. The van der Waals surface area contributed by atoms with E-state index < -0.39 is 0 Å². The number of hydrogen-bond donors (Lipinski definition) is 0. The molecule has 2 heteroatoms. The van der Waals surface area contributed by atoms with E-state index in [0.29, 0.717) is 18.8 Å². The molecule has 0 N–H and O–H groups in total. The van der Waals surface area contributed by atoms with E-state index in [1.807, 2.05) is 6.07 Å². The molecule has 0 saturated carbocycles. The van der Waals surface area contributed by atoms with E-state index in [9.17, 15) is 4.79 Å². The maximum Gasteiger partial charge on any atom is 0.142 e. The highest BCUT2D eigenvalue weighted by Crippen LogP contribution is 2.19. The fraction of sp³-hybridized carbons (Fsp3) is 0.500. The Kier molecular flexibility index (Phi) is 3.39. The zero-order valence-electron chi connectivity index (χ0n) is 9.95. The highest BCUT2D eigenvalue weighted by atomic mass is 16.5. The summed E-state index contributed by atoms with van der Waals surface area (Å²) in [5.41, 5.74) is 3.62. The molecule has 0 radical (unpaired) electrons. The summed E-state index contributed by atoms with van der Waals surface area (Å²) in [5.74, 6) is 0.453. The average molecular weight is 218 g/mol. The maximum absolute atomic E-state index is 12.0. The molecular weight excluding hydrogens is 200 g/mol. The van der Waals surface area contributed by atoms with Gasteiger partial charge in [0.1, 0.15) is 5.78 Å². The van der Waals surface area contributed by atoms with Gasteiger partial charge >= 0.3 is 0 Å². The molecule has 1 aliphatic rings. The number of Topliss-reactive ketones (excluding diaryl/α,β-unsaturated/α-hetero) is 1. The Morgan fingerprint density at radius 2 is 2.06 bits per heavy atom. The summed E-state index contributed by atoms with van der Waals surface area (Å²) in [7, 11) is 0. The van der Waals surface area contributed by atoms with E-state index in [-0.39, 0.29) is 5.92 Å². The summed E-state index contributed by atoms with van der Waals surface area (Å²) < 4.78 is 5.26. The molecule has 1 atom stereocenters.